The Bertz CT molecular complexity index is 826. The minimum atomic E-state index is -1.20. The van der Waals surface area contributed by atoms with Gasteiger partial charge in [-0.25, -0.2) is 9.69 Å². The van der Waals surface area contributed by atoms with E-state index in [1.165, 1.54) is 4.90 Å². The van der Waals surface area contributed by atoms with Gasteiger partial charge in [0.1, 0.15) is 0 Å². The standard InChI is InChI=1S/C23H26ClNO5.Na/c24-19-10-12-21(13-11-19)25(20-4-2-1-3-5-20)23(28)30-15-18-8-6-17(7-9-18)14-29-16-22(26)27;/h1-5,10-13,17-18H,6-9,14-16H2,(H,26,27);/q;+1/p-1/t17-,18-;. The van der Waals surface area contributed by atoms with Gasteiger partial charge in [0, 0.05) is 11.6 Å². The zero-order valence-electron chi connectivity index (χ0n) is 17.7. The molecule has 3 rings (SSSR count). The van der Waals surface area contributed by atoms with Gasteiger partial charge in [0.25, 0.3) is 0 Å². The van der Waals surface area contributed by atoms with Gasteiger partial charge in [0.05, 0.1) is 30.6 Å². The van der Waals surface area contributed by atoms with Crippen LogP contribution in [-0.2, 0) is 14.3 Å². The number of rotatable bonds is 8. The van der Waals surface area contributed by atoms with Crippen molar-refractivity contribution in [3.63, 3.8) is 0 Å². The van der Waals surface area contributed by atoms with Gasteiger partial charge in [0.2, 0.25) is 0 Å². The number of carboxylic acids is 1. The third kappa shape index (κ3) is 8.13. The number of carbonyl (C=O) groups is 2. The molecule has 0 atom stereocenters. The summed E-state index contributed by atoms with van der Waals surface area (Å²) in [6.07, 6.45) is 3.25. The van der Waals surface area contributed by atoms with E-state index in [0.29, 0.717) is 29.8 Å². The van der Waals surface area contributed by atoms with Crippen LogP contribution in [0.4, 0.5) is 16.2 Å². The average molecular weight is 454 g/mol. The molecular formula is C23H25ClNNaO5. The third-order valence-electron chi connectivity index (χ3n) is 5.26. The second-order valence-corrected chi connectivity index (χ2v) is 7.93. The maximum Gasteiger partial charge on any atom is 1.00 e. The number of anilines is 2. The number of benzene rings is 2. The topological polar surface area (TPSA) is 78.9 Å². The van der Waals surface area contributed by atoms with E-state index < -0.39 is 12.1 Å². The van der Waals surface area contributed by atoms with E-state index in [9.17, 15) is 14.7 Å². The molecule has 2 aromatic rings. The molecule has 1 amide bonds. The van der Waals surface area contributed by atoms with E-state index in [4.69, 9.17) is 21.1 Å². The smallest absolute Gasteiger partial charge is 0.548 e. The van der Waals surface area contributed by atoms with Gasteiger partial charge in [-0.1, -0.05) is 29.8 Å². The second kappa shape index (κ2) is 13.1. The molecule has 0 saturated heterocycles. The molecule has 1 aliphatic carbocycles. The summed E-state index contributed by atoms with van der Waals surface area (Å²) in [5, 5.41) is 11.0. The van der Waals surface area contributed by atoms with Gasteiger partial charge >= 0.3 is 35.7 Å². The van der Waals surface area contributed by atoms with Crippen LogP contribution in [0.25, 0.3) is 0 Å². The van der Waals surface area contributed by atoms with E-state index in [2.05, 4.69) is 0 Å². The van der Waals surface area contributed by atoms with E-state index in [1.807, 2.05) is 30.3 Å². The molecule has 0 bridgehead atoms. The molecule has 1 fully saturated rings. The van der Waals surface area contributed by atoms with E-state index >= 15 is 0 Å². The maximum atomic E-state index is 12.9. The van der Waals surface area contributed by atoms with E-state index in [0.717, 1.165) is 31.4 Å². The molecule has 6 nitrogen and oxygen atoms in total. The first-order valence-electron chi connectivity index (χ1n) is 10.1. The summed E-state index contributed by atoms with van der Waals surface area (Å²) >= 11 is 5.99. The number of aliphatic carboxylic acids is 1. The summed E-state index contributed by atoms with van der Waals surface area (Å²) in [5.41, 5.74) is 1.41. The molecule has 0 N–H and O–H groups in total. The molecular weight excluding hydrogens is 429 g/mol. The Morgan fingerprint density at radius 1 is 0.903 bits per heavy atom. The van der Waals surface area contributed by atoms with Gasteiger partial charge in [-0.3, -0.25) is 0 Å². The molecule has 1 saturated carbocycles. The van der Waals surface area contributed by atoms with Crippen LogP contribution in [0.2, 0.25) is 5.02 Å². The van der Waals surface area contributed by atoms with E-state index in [1.54, 1.807) is 24.3 Å². The Labute approximate surface area is 209 Å². The minimum Gasteiger partial charge on any atom is -0.548 e. The molecule has 0 heterocycles. The number of amides is 1. The third-order valence-corrected chi connectivity index (χ3v) is 5.52. The number of hydrogen-bond acceptors (Lipinski definition) is 5. The summed E-state index contributed by atoms with van der Waals surface area (Å²) in [5.74, 6) is -0.570. The van der Waals surface area contributed by atoms with Gasteiger partial charge in [0.15, 0.2) is 0 Å². The van der Waals surface area contributed by atoms with Crippen LogP contribution in [0.1, 0.15) is 25.7 Å². The summed E-state index contributed by atoms with van der Waals surface area (Å²) in [6, 6.07) is 16.4. The number of ether oxygens (including phenoxy) is 2. The van der Waals surface area contributed by atoms with Crippen LogP contribution >= 0.6 is 11.6 Å². The van der Waals surface area contributed by atoms with Crippen molar-refractivity contribution in [3.05, 3.63) is 59.6 Å². The van der Waals surface area contributed by atoms with Crippen LogP contribution in [-0.4, -0.2) is 31.9 Å². The van der Waals surface area contributed by atoms with Crippen LogP contribution in [0.5, 0.6) is 0 Å². The van der Waals surface area contributed by atoms with Crippen LogP contribution in [0.15, 0.2) is 54.6 Å². The van der Waals surface area contributed by atoms with Crippen molar-refractivity contribution in [2.75, 3.05) is 24.7 Å². The summed E-state index contributed by atoms with van der Waals surface area (Å²) < 4.78 is 10.8. The average Bonchev–Trinajstić information content (AvgIpc) is 2.75. The Balaban J connectivity index is 0.00000341. The van der Waals surface area contributed by atoms with Crippen molar-refractivity contribution in [3.8, 4) is 0 Å². The second-order valence-electron chi connectivity index (χ2n) is 7.50. The number of hydrogen-bond donors (Lipinski definition) is 0. The van der Waals surface area contributed by atoms with E-state index in [-0.39, 0.29) is 42.1 Å². The molecule has 0 aliphatic heterocycles. The van der Waals surface area contributed by atoms with Gasteiger partial charge in [-0.2, -0.15) is 0 Å². The predicted molar refractivity (Wildman–Crippen MR) is 113 cm³/mol. The van der Waals surface area contributed by atoms with Gasteiger partial charge in [-0.15, -0.1) is 0 Å². The first kappa shape index (κ1) is 25.7. The summed E-state index contributed by atoms with van der Waals surface area (Å²) in [7, 11) is 0. The number of halogens is 1. The predicted octanol–water partition coefficient (Wildman–Crippen LogP) is 1.19. The quantitative estimate of drug-likeness (QED) is 0.561. The SMILES string of the molecule is O=C([O-])COC[C@H]1CC[C@H](COC(=O)N(c2ccccc2)c2ccc(Cl)cc2)CC1.[Na+]. The Kier molecular flexibility index (Phi) is 10.8. The number of carbonyl (C=O) groups excluding carboxylic acids is 2. The van der Waals surface area contributed by atoms with Crippen LogP contribution in [0, 0.1) is 11.8 Å². The zero-order valence-corrected chi connectivity index (χ0v) is 20.4. The van der Waals surface area contributed by atoms with Gasteiger partial charge in [-0.05, 0) is 73.9 Å². The normalized spacial score (nSPS) is 18.0. The van der Waals surface area contributed by atoms with Crippen molar-refractivity contribution < 1.29 is 53.7 Å². The van der Waals surface area contributed by atoms with Crippen molar-refractivity contribution >= 4 is 35.0 Å². The molecule has 1 aliphatic rings. The zero-order chi connectivity index (χ0) is 21.3. The Hall–Kier alpha value is -1.57. The van der Waals surface area contributed by atoms with Crippen molar-refractivity contribution in [2.24, 2.45) is 11.8 Å². The molecule has 2 aromatic carbocycles. The van der Waals surface area contributed by atoms with Crippen molar-refractivity contribution in [1.29, 1.82) is 0 Å². The molecule has 8 heteroatoms. The largest absolute Gasteiger partial charge is 1.00 e. The Morgan fingerprint density at radius 2 is 1.45 bits per heavy atom. The summed E-state index contributed by atoms with van der Waals surface area (Å²) in [6.45, 7) is 0.415. The molecule has 31 heavy (non-hydrogen) atoms. The molecule has 160 valence electrons. The molecule has 0 unspecified atom stereocenters. The fourth-order valence-electron chi connectivity index (χ4n) is 3.65. The molecule has 0 radical (unpaired) electrons. The maximum absolute atomic E-state index is 12.9. The fourth-order valence-corrected chi connectivity index (χ4v) is 3.78. The van der Waals surface area contributed by atoms with Gasteiger partial charge < -0.3 is 19.4 Å². The van der Waals surface area contributed by atoms with Crippen molar-refractivity contribution in [1.82, 2.24) is 0 Å². The number of nitrogens with zero attached hydrogens (tertiary/aromatic N) is 1. The fraction of sp³-hybridized carbons (Fsp3) is 0.391. The number of carboxylic acid groups (broad SMARTS) is 1. The first-order chi connectivity index (χ1) is 14.5. The molecule has 0 spiro atoms. The monoisotopic (exact) mass is 453 g/mol. The van der Waals surface area contributed by atoms with Crippen molar-refractivity contribution in [2.45, 2.75) is 25.7 Å². The minimum absolute atomic E-state index is 0. The number of para-hydroxylation sites is 1. The van der Waals surface area contributed by atoms with Crippen LogP contribution in [0.3, 0.4) is 0 Å². The molecule has 0 aromatic heterocycles. The Morgan fingerprint density at radius 3 is 2.03 bits per heavy atom. The van der Waals surface area contributed by atoms with Crippen LogP contribution < -0.4 is 39.6 Å². The summed E-state index contributed by atoms with van der Waals surface area (Å²) in [4.78, 5) is 24.9. The first-order valence-corrected chi connectivity index (χ1v) is 10.5.